The molecule has 142 valence electrons. The molecule has 2 atom stereocenters. The number of aryl methyl sites for hydroxylation is 1. The Labute approximate surface area is 154 Å². The van der Waals surface area contributed by atoms with E-state index >= 15 is 0 Å². The number of fused-ring (bicyclic) bond motifs is 1. The Kier molecular flexibility index (Phi) is 6.79. The standard InChI is InChI=1S/C18H28N6O2/c1-14(12-26-15-8-11-25-13-15)21-18(19-2)20-9-5-7-17-23-22-16-6-3-4-10-24(16)17/h3-4,6,10,14-15H,5,7-9,11-13H2,1-2H3,(H2,19,20,21). The van der Waals surface area contributed by atoms with Crippen molar-refractivity contribution in [1.82, 2.24) is 25.2 Å². The van der Waals surface area contributed by atoms with E-state index in [0.29, 0.717) is 13.2 Å². The number of aliphatic imine (C=N–C) groups is 1. The van der Waals surface area contributed by atoms with Gasteiger partial charge in [0, 0.05) is 38.9 Å². The Bertz CT molecular complexity index is 711. The molecule has 8 heteroatoms. The molecule has 2 aromatic heterocycles. The SMILES string of the molecule is CN=C(NCCCc1nnc2ccccn12)NC(C)COC1CCOC1. The second-order valence-electron chi connectivity index (χ2n) is 6.51. The molecular weight excluding hydrogens is 332 g/mol. The molecule has 26 heavy (non-hydrogen) atoms. The molecule has 0 aliphatic carbocycles. The predicted molar refractivity (Wildman–Crippen MR) is 100 cm³/mol. The Hall–Kier alpha value is -2.19. The maximum absolute atomic E-state index is 5.84. The van der Waals surface area contributed by atoms with E-state index in [1.54, 1.807) is 7.05 Å². The molecule has 1 fully saturated rings. The summed E-state index contributed by atoms with van der Waals surface area (Å²) in [6.07, 6.45) is 5.01. The highest BCUT2D eigenvalue weighted by molar-refractivity contribution is 5.79. The Morgan fingerprint density at radius 1 is 1.46 bits per heavy atom. The number of hydrogen-bond donors (Lipinski definition) is 2. The molecule has 0 saturated carbocycles. The highest BCUT2D eigenvalue weighted by Crippen LogP contribution is 2.08. The van der Waals surface area contributed by atoms with Crippen LogP contribution >= 0.6 is 0 Å². The van der Waals surface area contributed by atoms with Gasteiger partial charge in [0.05, 0.1) is 19.3 Å². The van der Waals surface area contributed by atoms with Crippen molar-refractivity contribution in [2.24, 2.45) is 4.99 Å². The molecule has 3 heterocycles. The van der Waals surface area contributed by atoms with Gasteiger partial charge in [-0.25, -0.2) is 0 Å². The molecule has 0 spiro atoms. The number of pyridine rings is 1. The van der Waals surface area contributed by atoms with Crippen LogP contribution in [0.25, 0.3) is 5.65 Å². The number of ether oxygens (including phenoxy) is 2. The van der Waals surface area contributed by atoms with Crippen LogP contribution in [0.15, 0.2) is 29.4 Å². The number of hydrogen-bond acceptors (Lipinski definition) is 5. The molecule has 2 N–H and O–H groups in total. The van der Waals surface area contributed by atoms with E-state index in [-0.39, 0.29) is 12.1 Å². The fraction of sp³-hybridized carbons (Fsp3) is 0.611. The summed E-state index contributed by atoms with van der Waals surface area (Å²) in [6.45, 7) is 5.05. The van der Waals surface area contributed by atoms with Gasteiger partial charge in [0.25, 0.3) is 0 Å². The molecule has 3 rings (SSSR count). The smallest absolute Gasteiger partial charge is 0.191 e. The molecule has 0 amide bonds. The fourth-order valence-corrected chi connectivity index (χ4v) is 2.91. The topological polar surface area (TPSA) is 85.1 Å². The van der Waals surface area contributed by atoms with E-state index in [2.05, 4.69) is 32.7 Å². The van der Waals surface area contributed by atoms with Gasteiger partial charge in [-0.05, 0) is 31.9 Å². The summed E-state index contributed by atoms with van der Waals surface area (Å²) in [5, 5.41) is 15.1. The first kappa shape index (κ1) is 18.6. The summed E-state index contributed by atoms with van der Waals surface area (Å²) >= 11 is 0. The van der Waals surface area contributed by atoms with E-state index in [4.69, 9.17) is 9.47 Å². The number of guanidine groups is 1. The number of aromatic nitrogens is 3. The van der Waals surface area contributed by atoms with Gasteiger partial charge in [-0.1, -0.05) is 6.07 Å². The maximum Gasteiger partial charge on any atom is 0.191 e. The minimum absolute atomic E-state index is 0.183. The minimum Gasteiger partial charge on any atom is -0.379 e. The van der Waals surface area contributed by atoms with Gasteiger partial charge in [-0.2, -0.15) is 0 Å². The predicted octanol–water partition coefficient (Wildman–Crippen LogP) is 1.02. The summed E-state index contributed by atoms with van der Waals surface area (Å²) in [5.41, 5.74) is 0.884. The van der Waals surface area contributed by atoms with E-state index in [1.807, 2.05) is 28.8 Å². The minimum atomic E-state index is 0.183. The molecule has 0 radical (unpaired) electrons. The van der Waals surface area contributed by atoms with Crippen LogP contribution in [0, 0.1) is 0 Å². The summed E-state index contributed by atoms with van der Waals surface area (Å²) in [5.74, 6) is 1.76. The van der Waals surface area contributed by atoms with Crippen molar-refractivity contribution in [3.05, 3.63) is 30.2 Å². The molecule has 2 aromatic rings. The zero-order chi connectivity index (χ0) is 18.2. The Morgan fingerprint density at radius 2 is 2.38 bits per heavy atom. The van der Waals surface area contributed by atoms with Crippen LogP contribution in [0.3, 0.4) is 0 Å². The summed E-state index contributed by atoms with van der Waals surface area (Å²) in [7, 11) is 1.78. The molecule has 1 aliphatic heterocycles. The molecule has 2 unspecified atom stereocenters. The molecule has 0 aromatic carbocycles. The lowest BCUT2D eigenvalue weighted by atomic mass is 10.3. The van der Waals surface area contributed by atoms with Crippen LogP contribution in [-0.2, 0) is 15.9 Å². The average molecular weight is 360 g/mol. The average Bonchev–Trinajstić information content (AvgIpc) is 3.32. The lowest BCUT2D eigenvalue weighted by Gasteiger charge is -2.19. The molecule has 0 bridgehead atoms. The van der Waals surface area contributed by atoms with Crippen LogP contribution in [0.5, 0.6) is 0 Å². The summed E-state index contributed by atoms with van der Waals surface area (Å²) in [6, 6.07) is 6.10. The van der Waals surface area contributed by atoms with Gasteiger partial charge in [-0.3, -0.25) is 9.39 Å². The fourth-order valence-electron chi connectivity index (χ4n) is 2.91. The third kappa shape index (κ3) is 5.15. The second kappa shape index (κ2) is 9.49. The maximum atomic E-state index is 5.84. The third-order valence-electron chi connectivity index (χ3n) is 4.33. The van der Waals surface area contributed by atoms with E-state index in [0.717, 1.165) is 49.8 Å². The largest absolute Gasteiger partial charge is 0.379 e. The van der Waals surface area contributed by atoms with Crippen molar-refractivity contribution in [3.63, 3.8) is 0 Å². The normalized spacial score (nSPS) is 19.0. The van der Waals surface area contributed by atoms with Crippen molar-refractivity contribution in [2.75, 3.05) is 33.4 Å². The van der Waals surface area contributed by atoms with Crippen LogP contribution in [0.2, 0.25) is 0 Å². The summed E-state index contributed by atoms with van der Waals surface area (Å²) < 4.78 is 13.2. The van der Waals surface area contributed by atoms with Crippen molar-refractivity contribution in [3.8, 4) is 0 Å². The second-order valence-corrected chi connectivity index (χ2v) is 6.51. The lowest BCUT2D eigenvalue weighted by Crippen LogP contribution is -2.44. The van der Waals surface area contributed by atoms with Gasteiger partial charge in [0.2, 0.25) is 0 Å². The monoisotopic (exact) mass is 360 g/mol. The van der Waals surface area contributed by atoms with Gasteiger partial charge in [0.1, 0.15) is 5.82 Å². The zero-order valence-electron chi connectivity index (χ0n) is 15.5. The first-order valence-corrected chi connectivity index (χ1v) is 9.21. The highest BCUT2D eigenvalue weighted by atomic mass is 16.5. The quantitative estimate of drug-likeness (QED) is 0.415. The van der Waals surface area contributed by atoms with Gasteiger partial charge >= 0.3 is 0 Å². The van der Waals surface area contributed by atoms with E-state index < -0.39 is 0 Å². The van der Waals surface area contributed by atoms with Crippen molar-refractivity contribution in [1.29, 1.82) is 0 Å². The van der Waals surface area contributed by atoms with Crippen LogP contribution in [-0.4, -0.2) is 66.1 Å². The first-order chi connectivity index (χ1) is 12.8. The Morgan fingerprint density at radius 3 is 3.19 bits per heavy atom. The van der Waals surface area contributed by atoms with Crippen LogP contribution in [0.1, 0.15) is 25.6 Å². The number of nitrogens with zero attached hydrogens (tertiary/aromatic N) is 4. The molecular formula is C18H28N6O2. The summed E-state index contributed by atoms with van der Waals surface area (Å²) in [4.78, 5) is 4.27. The van der Waals surface area contributed by atoms with Gasteiger partial charge < -0.3 is 20.1 Å². The van der Waals surface area contributed by atoms with Crippen molar-refractivity contribution in [2.45, 2.75) is 38.3 Å². The lowest BCUT2D eigenvalue weighted by molar-refractivity contribution is 0.0347. The van der Waals surface area contributed by atoms with E-state index in [9.17, 15) is 0 Å². The first-order valence-electron chi connectivity index (χ1n) is 9.21. The Balaban J connectivity index is 1.35. The van der Waals surface area contributed by atoms with Crippen molar-refractivity contribution >= 4 is 11.6 Å². The van der Waals surface area contributed by atoms with Gasteiger partial charge in [-0.15, -0.1) is 10.2 Å². The van der Waals surface area contributed by atoms with Gasteiger partial charge in [0.15, 0.2) is 11.6 Å². The van der Waals surface area contributed by atoms with Crippen LogP contribution in [0.4, 0.5) is 0 Å². The van der Waals surface area contributed by atoms with E-state index in [1.165, 1.54) is 0 Å². The number of rotatable bonds is 8. The number of nitrogens with one attached hydrogen (secondary N) is 2. The molecule has 8 nitrogen and oxygen atoms in total. The third-order valence-corrected chi connectivity index (χ3v) is 4.33. The highest BCUT2D eigenvalue weighted by Gasteiger charge is 2.17. The molecule has 1 saturated heterocycles. The van der Waals surface area contributed by atoms with Crippen LogP contribution < -0.4 is 10.6 Å². The van der Waals surface area contributed by atoms with Crippen molar-refractivity contribution < 1.29 is 9.47 Å². The zero-order valence-corrected chi connectivity index (χ0v) is 15.5. The molecule has 1 aliphatic rings.